The average molecular weight is 547 g/mol. The molecule has 0 spiro atoms. The van der Waals surface area contributed by atoms with Crippen molar-refractivity contribution in [2.24, 2.45) is 5.92 Å². The lowest BCUT2D eigenvalue weighted by atomic mass is 9.98. The highest BCUT2D eigenvalue weighted by Gasteiger charge is 2.40. The highest BCUT2D eigenvalue weighted by molar-refractivity contribution is 6.74. The zero-order chi connectivity index (χ0) is 28.3. The fourth-order valence-corrected chi connectivity index (χ4v) is 6.35. The molecule has 3 nitrogen and oxygen atoms in total. The first kappa shape index (κ1) is 34.0. The van der Waals surface area contributed by atoms with Gasteiger partial charge in [0.05, 0.1) is 18.8 Å². The lowest BCUT2D eigenvalue weighted by Gasteiger charge is -2.41. The fraction of sp³-hybridized carbons (Fsp3) is 0.688. The lowest BCUT2D eigenvalue weighted by Crippen LogP contribution is -2.45. The Morgan fingerprint density at radius 1 is 0.811 bits per heavy atom. The Morgan fingerprint density at radius 3 is 1.89 bits per heavy atom. The highest BCUT2D eigenvalue weighted by atomic mass is 28.4. The number of allylic oxidation sites excluding steroid dienone is 2. The van der Waals surface area contributed by atoms with Crippen LogP contribution >= 0.6 is 0 Å². The van der Waals surface area contributed by atoms with E-state index in [1.165, 1.54) is 5.56 Å². The number of hydrogen-bond acceptors (Lipinski definition) is 3. The predicted molar refractivity (Wildman–Crippen MR) is 167 cm³/mol. The summed E-state index contributed by atoms with van der Waals surface area (Å²) in [5, 5.41) is 0.397. The zero-order valence-electron chi connectivity index (χ0n) is 26.2. The van der Waals surface area contributed by atoms with Gasteiger partial charge >= 0.3 is 0 Å². The Hall–Kier alpha value is -0.986. The van der Waals surface area contributed by atoms with Crippen LogP contribution in [0.3, 0.4) is 0 Å². The van der Waals surface area contributed by atoms with Crippen molar-refractivity contribution in [2.45, 2.75) is 130 Å². The molecule has 0 bridgehead atoms. The van der Waals surface area contributed by atoms with Gasteiger partial charge in [-0.1, -0.05) is 103 Å². The molecule has 0 N–H and O–H groups in total. The van der Waals surface area contributed by atoms with Crippen molar-refractivity contribution in [3.8, 4) is 0 Å². The second-order valence-corrected chi connectivity index (χ2v) is 23.1. The molecule has 3 atom stereocenters. The summed E-state index contributed by atoms with van der Waals surface area (Å²) in [6, 6.07) is 10.4. The molecule has 0 saturated heterocycles. The van der Waals surface area contributed by atoms with E-state index in [-0.39, 0.29) is 22.3 Å². The molecule has 0 amide bonds. The Morgan fingerprint density at radius 2 is 1.35 bits per heavy atom. The fourth-order valence-electron chi connectivity index (χ4n) is 3.61. The summed E-state index contributed by atoms with van der Waals surface area (Å²) >= 11 is 0. The number of ether oxygens (including phenoxy) is 1. The van der Waals surface area contributed by atoms with Crippen LogP contribution in [0.15, 0.2) is 54.6 Å². The molecule has 0 saturated carbocycles. The minimum atomic E-state index is -1.88. The van der Waals surface area contributed by atoms with Crippen LogP contribution in [-0.4, -0.2) is 35.4 Å². The molecule has 0 radical (unpaired) electrons. The molecule has 0 aliphatic carbocycles. The topological polar surface area (TPSA) is 27.7 Å². The van der Waals surface area contributed by atoms with E-state index in [9.17, 15) is 0 Å². The summed E-state index contributed by atoms with van der Waals surface area (Å²) in [5.74, 6) is 0.423. The van der Waals surface area contributed by atoms with Crippen molar-refractivity contribution in [1.82, 2.24) is 0 Å². The third-order valence-corrected chi connectivity index (χ3v) is 17.3. The Kier molecular flexibility index (Phi) is 13.8. The van der Waals surface area contributed by atoms with Gasteiger partial charge < -0.3 is 13.6 Å². The van der Waals surface area contributed by atoms with Crippen LogP contribution in [0.25, 0.3) is 0 Å². The van der Waals surface area contributed by atoms with Gasteiger partial charge in [-0.25, -0.2) is 0 Å². The van der Waals surface area contributed by atoms with Crippen molar-refractivity contribution in [2.75, 3.05) is 6.61 Å². The van der Waals surface area contributed by atoms with Crippen molar-refractivity contribution < 1.29 is 13.6 Å². The summed E-state index contributed by atoms with van der Waals surface area (Å²) < 4.78 is 19.7. The molecular formula is C32H58O3Si2. The van der Waals surface area contributed by atoms with Gasteiger partial charge in [-0.05, 0) is 73.9 Å². The number of rotatable bonds is 15. The van der Waals surface area contributed by atoms with Crippen LogP contribution in [0.4, 0.5) is 0 Å². The average Bonchev–Trinajstić information content (AvgIpc) is 2.77. The first-order chi connectivity index (χ1) is 17.0. The van der Waals surface area contributed by atoms with Crippen LogP contribution in [0.1, 0.15) is 80.2 Å². The molecule has 1 aromatic carbocycles. The number of benzene rings is 1. The van der Waals surface area contributed by atoms with Crippen molar-refractivity contribution >= 4 is 16.6 Å². The third kappa shape index (κ3) is 12.2. The van der Waals surface area contributed by atoms with E-state index in [4.69, 9.17) is 13.6 Å². The van der Waals surface area contributed by atoms with Gasteiger partial charge in [0.15, 0.2) is 16.6 Å². The second-order valence-electron chi connectivity index (χ2n) is 13.6. The molecule has 212 valence electrons. The molecule has 0 aliphatic rings. The van der Waals surface area contributed by atoms with E-state index in [1.54, 1.807) is 0 Å². The minimum absolute atomic E-state index is 0.142. The molecule has 0 unspecified atom stereocenters. The third-order valence-electron chi connectivity index (χ3n) is 8.25. The second kappa shape index (κ2) is 15.0. The summed E-state index contributed by atoms with van der Waals surface area (Å²) in [6.45, 7) is 29.0. The Balaban J connectivity index is 2.78. The van der Waals surface area contributed by atoms with Crippen molar-refractivity contribution in [3.05, 3.63) is 60.2 Å². The SMILES string of the molecule is C/C=C/[C@@H](C/C=C\C[C@H](C)[C@H](CCOCc1ccccc1)O[Si](C)(C)C(C)(C)C)O[Si](C)(C)C(C)(C)C. The molecule has 37 heavy (non-hydrogen) atoms. The quantitative estimate of drug-likeness (QED) is 0.124. The first-order valence-electron chi connectivity index (χ1n) is 14.3. The molecular weight excluding hydrogens is 489 g/mol. The van der Waals surface area contributed by atoms with E-state index in [2.05, 4.69) is 130 Å². The van der Waals surface area contributed by atoms with Gasteiger partial charge in [-0.2, -0.15) is 0 Å². The van der Waals surface area contributed by atoms with Crippen LogP contribution in [0, 0.1) is 5.92 Å². The van der Waals surface area contributed by atoms with E-state index in [1.807, 2.05) is 6.07 Å². The highest BCUT2D eigenvalue weighted by Crippen LogP contribution is 2.39. The molecule has 0 heterocycles. The smallest absolute Gasteiger partial charge is 0.192 e. The van der Waals surface area contributed by atoms with E-state index in [0.717, 1.165) is 19.3 Å². The summed E-state index contributed by atoms with van der Waals surface area (Å²) in [4.78, 5) is 0. The van der Waals surface area contributed by atoms with Crippen molar-refractivity contribution in [1.29, 1.82) is 0 Å². The van der Waals surface area contributed by atoms with Gasteiger partial charge in [0, 0.05) is 6.61 Å². The lowest BCUT2D eigenvalue weighted by molar-refractivity contribution is 0.0558. The Bertz CT molecular complexity index is 817. The zero-order valence-corrected chi connectivity index (χ0v) is 28.2. The predicted octanol–water partition coefficient (Wildman–Crippen LogP) is 9.92. The van der Waals surface area contributed by atoms with Crippen LogP contribution < -0.4 is 0 Å². The molecule has 1 aromatic rings. The molecule has 0 fully saturated rings. The molecule has 1 rings (SSSR count). The van der Waals surface area contributed by atoms with Crippen LogP contribution in [-0.2, 0) is 20.2 Å². The van der Waals surface area contributed by atoms with E-state index >= 15 is 0 Å². The van der Waals surface area contributed by atoms with Gasteiger partial charge in [0.1, 0.15) is 0 Å². The first-order valence-corrected chi connectivity index (χ1v) is 20.1. The van der Waals surface area contributed by atoms with Gasteiger partial charge in [-0.3, -0.25) is 0 Å². The maximum absolute atomic E-state index is 6.93. The molecule has 5 heteroatoms. The maximum Gasteiger partial charge on any atom is 0.192 e. The molecule has 0 aromatic heterocycles. The van der Waals surface area contributed by atoms with Crippen molar-refractivity contribution in [3.63, 3.8) is 0 Å². The minimum Gasteiger partial charge on any atom is -0.414 e. The summed E-state index contributed by atoms with van der Waals surface area (Å²) in [6.07, 6.45) is 12.1. The Labute approximate surface area is 232 Å². The normalized spacial score (nSPS) is 16.4. The van der Waals surface area contributed by atoms with Gasteiger partial charge in [0.25, 0.3) is 0 Å². The monoisotopic (exact) mass is 546 g/mol. The number of hydrogen-bond donors (Lipinski definition) is 0. The maximum atomic E-state index is 6.93. The summed E-state index contributed by atoms with van der Waals surface area (Å²) in [5.41, 5.74) is 1.22. The van der Waals surface area contributed by atoms with Crippen LogP contribution in [0.2, 0.25) is 36.3 Å². The van der Waals surface area contributed by atoms with Crippen LogP contribution in [0.5, 0.6) is 0 Å². The van der Waals surface area contributed by atoms with Gasteiger partial charge in [-0.15, -0.1) is 0 Å². The van der Waals surface area contributed by atoms with E-state index < -0.39 is 16.6 Å². The van der Waals surface area contributed by atoms with Gasteiger partial charge in [0.2, 0.25) is 0 Å². The molecule has 0 aliphatic heterocycles. The van der Waals surface area contributed by atoms with E-state index in [0.29, 0.717) is 19.1 Å². The largest absolute Gasteiger partial charge is 0.414 e. The summed E-state index contributed by atoms with van der Waals surface area (Å²) in [7, 11) is -3.69. The standard InChI is InChI=1S/C32H58O3Si2/c1-13-19-29(34-36(9,10)31(3,4)5)23-18-17-20-27(2)30(35-37(11,12)32(6,7)8)24-25-33-26-28-21-15-14-16-22-28/h13-19,21-22,27,29-30H,20,23-26H2,1-12H3/b18-17-,19-13+/t27-,29-,30-/m0/s1.